The van der Waals surface area contributed by atoms with Crippen LogP contribution in [0.1, 0.15) is 35.4 Å². The molecular weight excluding hydrogens is 367 g/mol. The predicted octanol–water partition coefficient (Wildman–Crippen LogP) is 4.72. The molecule has 0 aliphatic carbocycles. The fraction of sp³-hybridized carbons (Fsp3) is 0.250. The summed E-state index contributed by atoms with van der Waals surface area (Å²) in [6, 6.07) is 11.2. The number of hydrogen-bond donors (Lipinski definition) is 1. The van der Waals surface area contributed by atoms with E-state index in [1.54, 1.807) is 30.3 Å². The Morgan fingerprint density at radius 3 is 2.81 bits per heavy atom. The molecule has 0 bridgehead atoms. The van der Waals surface area contributed by atoms with Crippen LogP contribution in [0.4, 0.5) is 10.1 Å². The number of fused-ring (bicyclic) bond motifs is 1. The number of amides is 1. The summed E-state index contributed by atoms with van der Waals surface area (Å²) >= 11 is 6.08. The second-order valence-corrected chi connectivity index (χ2v) is 6.94. The van der Waals surface area contributed by atoms with Gasteiger partial charge in [0.25, 0.3) is 5.91 Å². The Hall–Kier alpha value is -2.73. The molecule has 1 aromatic heterocycles. The van der Waals surface area contributed by atoms with Crippen molar-refractivity contribution in [2.75, 3.05) is 5.32 Å². The standard InChI is InChI=1S/C20H18ClFN4O/c21-16-7-4-3-6-14(16)20(27)23-13-9-10-17(22)15(12-13)19-25-24-18-8-2-1-5-11-26(18)19/h3-4,6-7,9-10,12H,1-2,5,8,11H2,(H,23,27). The number of carbonyl (C=O) groups excluding carboxylic acids is 1. The maximum atomic E-state index is 14.5. The summed E-state index contributed by atoms with van der Waals surface area (Å²) in [6.45, 7) is 0.771. The van der Waals surface area contributed by atoms with Crippen LogP contribution < -0.4 is 5.32 Å². The number of carbonyl (C=O) groups is 1. The van der Waals surface area contributed by atoms with Crippen LogP contribution in [0.25, 0.3) is 11.4 Å². The van der Waals surface area contributed by atoms with E-state index in [1.165, 1.54) is 12.1 Å². The Labute approximate surface area is 161 Å². The first-order valence-electron chi connectivity index (χ1n) is 8.91. The summed E-state index contributed by atoms with van der Waals surface area (Å²) < 4.78 is 16.5. The van der Waals surface area contributed by atoms with E-state index in [0.717, 1.165) is 38.1 Å². The van der Waals surface area contributed by atoms with Gasteiger partial charge in [-0.25, -0.2) is 4.39 Å². The van der Waals surface area contributed by atoms with Crippen molar-refractivity contribution in [3.05, 3.63) is 64.7 Å². The molecule has 2 heterocycles. The minimum atomic E-state index is -0.398. The lowest BCUT2D eigenvalue weighted by Gasteiger charge is -2.11. The third-order valence-corrected chi connectivity index (χ3v) is 5.02. The van der Waals surface area contributed by atoms with Crippen molar-refractivity contribution >= 4 is 23.2 Å². The van der Waals surface area contributed by atoms with E-state index in [-0.39, 0.29) is 5.91 Å². The van der Waals surface area contributed by atoms with Crippen LogP contribution in [0.2, 0.25) is 5.02 Å². The van der Waals surface area contributed by atoms with E-state index >= 15 is 0 Å². The number of anilines is 1. The molecule has 0 spiro atoms. The zero-order chi connectivity index (χ0) is 18.8. The van der Waals surface area contributed by atoms with Crippen LogP contribution in [0.3, 0.4) is 0 Å². The van der Waals surface area contributed by atoms with Crippen LogP contribution >= 0.6 is 11.6 Å². The summed E-state index contributed by atoms with van der Waals surface area (Å²) in [6.07, 6.45) is 4.05. The molecule has 1 aliphatic heterocycles. The number of benzene rings is 2. The maximum absolute atomic E-state index is 14.5. The van der Waals surface area contributed by atoms with Gasteiger partial charge in [0.2, 0.25) is 0 Å². The van der Waals surface area contributed by atoms with Gasteiger partial charge in [-0.05, 0) is 43.2 Å². The fourth-order valence-electron chi connectivity index (χ4n) is 3.30. The first-order chi connectivity index (χ1) is 13.1. The van der Waals surface area contributed by atoms with Crippen molar-refractivity contribution in [3.63, 3.8) is 0 Å². The van der Waals surface area contributed by atoms with Gasteiger partial charge in [-0.3, -0.25) is 4.79 Å². The van der Waals surface area contributed by atoms with E-state index in [1.807, 2.05) is 4.57 Å². The minimum Gasteiger partial charge on any atom is -0.322 e. The number of aryl methyl sites for hydroxylation is 1. The predicted molar refractivity (Wildman–Crippen MR) is 102 cm³/mol. The number of nitrogens with one attached hydrogen (secondary N) is 1. The van der Waals surface area contributed by atoms with Gasteiger partial charge < -0.3 is 9.88 Å². The summed E-state index contributed by atoms with van der Waals surface area (Å²) in [5.41, 5.74) is 1.16. The third-order valence-electron chi connectivity index (χ3n) is 4.69. The fourth-order valence-corrected chi connectivity index (χ4v) is 3.52. The van der Waals surface area contributed by atoms with Gasteiger partial charge >= 0.3 is 0 Å². The Balaban J connectivity index is 1.66. The van der Waals surface area contributed by atoms with Gasteiger partial charge in [0, 0.05) is 18.7 Å². The molecule has 2 aromatic carbocycles. The van der Waals surface area contributed by atoms with Crippen molar-refractivity contribution in [2.45, 2.75) is 32.2 Å². The van der Waals surface area contributed by atoms with E-state index < -0.39 is 5.82 Å². The second kappa shape index (κ2) is 7.48. The van der Waals surface area contributed by atoms with Crippen LogP contribution in [-0.4, -0.2) is 20.7 Å². The highest BCUT2D eigenvalue weighted by Crippen LogP contribution is 2.28. The quantitative estimate of drug-likeness (QED) is 0.711. The average Bonchev–Trinajstić information content (AvgIpc) is 2.91. The van der Waals surface area contributed by atoms with Crippen molar-refractivity contribution in [2.24, 2.45) is 0 Å². The summed E-state index contributed by atoms with van der Waals surface area (Å²) in [5, 5.41) is 11.6. The zero-order valence-corrected chi connectivity index (χ0v) is 15.3. The molecule has 0 fully saturated rings. The number of rotatable bonds is 3. The zero-order valence-electron chi connectivity index (χ0n) is 14.6. The molecule has 4 rings (SSSR count). The first kappa shape index (κ1) is 17.7. The number of halogens is 2. The van der Waals surface area contributed by atoms with Gasteiger partial charge in [0.15, 0.2) is 5.82 Å². The van der Waals surface area contributed by atoms with Crippen molar-refractivity contribution in [1.82, 2.24) is 14.8 Å². The largest absolute Gasteiger partial charge is 0.322 e. The topological polar surface area (TPSA) is 59.8 Å². The summed E-state index contributed by atoms with van der Waals surface area (Å²) in [5.74, 6) is 0.633. The van der Waals surface area contributed by atoms with Crippen LogP contribution in [0, 0.1) is 5.82 Å². The highest BCUT2D eigenvalue weighted by atomic mass is 35.5. The minimum absolute atomic E-state index is 0.326. The summed E-state index contributed by atoms with van der Waals surface area (Å²) in [4.78, 5) is 12.5. The van der Waals surface area contributed by atoms with Crippen LogP contribution in [0.5, 0.6) is 0 Å². The van der Waals surface area contributed by atoms with E-state index in [4.69, 9.17) is 11.6 Å². The van der Waals surface area contributed by atoms with Gasteiger partial charge in [0.1, 0.15) is 11.6 Å². The van der Waals surface area contributed by atoms with Gasteiger partial charge in [-0.1, -0.05) is 30.2 Å². The number of nitrogens with zero attached hydrogens (tertiary/aromatic N) is 3. The molecule has 0 saturated heterocycles. The Morgan fingerprint density at radius 2 is 1.96 bits per heavy atom. The van der Waals surface area contributed by atoms with Gasteiger partial charge in [0.05, 0.1) is 16.1 Å². The Kier molecular flexibility index (Phi) is 4.90. The van der Waals surface area contributed by atoms with E-state index in [0.29, 0.717) is 27.7 Å². The molecule has 0 unspecified atom stereocenters. The van der Waals surface area contributed by atoms with Crippen molar-refractivity contribution < 1.29 is 9.18 Å². The molecule has 138 valence electrons. The van der Waals surface area contributed by atoms with Crippen molar-refractivity contribution in [3.8, 4) is 11.4 Å². The summed E-state index contributed by atoms with van der Waals surface area (Å²) in [7, 11) is 0. The Bertz CT molecular complexity index is 1000. The SMILES string of the molecule is O=C(Nc1ccc(F)c(-c2nnc3n2CCCCC3)c1)c1ccccc1Cl. The number of hydrogen-bond acceptors (Lipinski definition) is 3. The lowest BCUT2D eigenvalue weighted by Crippen LogP contribution is -2.12. The second-order valence-electron chi connectivity index (χ2n) is 6.53. The molecule has 0 atom stereocenters. The van der Waals surface area contributed by atoms with Crippen molar-refractivity contribution in [1.29, 1.82) is 0 Å². The molecule has 1 amide bonds. The lowest BCUT2D eigenvalue weighted by molar-refractivity contribution is 0.102. The normalized spacial score (nSPS) is 13.7. The highest BCUT2D eigenvalue weighted by Gasteiger charge is 2.19. The highest BCUT2D eigenvalue weighted by molar-refractivity contribution is 6.34. The number of aromatic nitrogens is 3. The molecular formula is C20H18ClFN4O. The average molecular weight is 385 g/mol. The smallest absolute Gasteiger partial charge is 0.257 e. The van der Waals surface area contributed by atoms with Gasteiger partial charge in [-0.15, -0.1) is 10.2 Å². The van der Waals surface area contributed by atoms with Crippen LogP contribution in [-0.2, 0) is 13.0 Å². The molecule has 1 aliphatic rings. The molecule has 0 saturated carbocycles. The monoisotopic (exact) mass is 384 g/mol. The molecule has 3 aromatic rings. The molecule has 27 heavy (non-hydrogen) atoms. The lowest BCUT2D eigenvalue weighted by atomic mass is 10.1. The molecule has 1 N–H and O–H groups in total. The molecule has 0 radical (unpaired) electrons. The third kappa shape index (κ3) is 3.57. The maximum Gasteiger partial charge on any atom is 0.257 e. The van der Waals surface area contributed by atoms with E-state index in [9.17, 15) is 9.18 Å². The van der Waals surface area contributed by atoms with Gasteiger partial charge in [-0.2, -0.15) is 0 Å². The molecule has 5 nitrogen and oxygen atoms in total. The first-order valence-corrected chi connectivity index (χ1v) is 9.29. The van der Waals surface area contributed by atoms with Crippen LogP contribution in [0.15, 0.2) is 42.5 Å². The Morgan fingerprint density at radius 1 is 1.11 bits per heavy atom. The molecule has 7 heteroatoms. The van der Waals surface area contributed by atoms with E-state index in [2.05, 4.69) is 15.5 Å².